The molecule has 1 aromatic carbocycles. The number of benzene rings is 1. The number of hydrogen-bond donors (Lipinski definition) is 4. The van der Waals surface area contributed by atoms with E-state index in [2.05, 4.69) is 16.0 Å². The Balaban J connectivity index is 1.24. The van der Waals surface area contributed by atoms with Crippen LogP contribution in [-0.2, 0) is 4.79 Å². The number of nitrogens with one attached hydrogen (secondary N) is 3. The number of carbonyl (C=O) groups is 3. The van der Waals surface area contributed by atoms with Gasteiger partial charge in [-0.3, -0.25) is 4.79 Å². The van der Waals surface area contributed by atoms with Crippen molar-refractivity contribution in [3.8, 4) is 0 Å². The average molecular weight is 399 g/mol. The van der Waals surface area contributed by atoms with Crippen LogP contribution < -0.4 is 16.0 Å². The van der Waals surface area contributed by atoms with E-state index >= 15 is 0 Å². The minimum absolute atomic E-state index is 0.0462. The summed E-state index contributed by atoms with van der Waals surface area (Å²) in [5.74, 6) is 0.987. The topological polar surface area (TPSA) is 108 Å². The second kappa shape index (κ2) is 7.69. The quantitative estimate of drug-likeness (QED) is 0.589. The van der Waals surface area contributed by atoms with Crippen LogP contribution in [0.4, 0.5) is 10.5 Å². The Hall–Kier alpha value is -2.57. The molecule has 1 aromatic rings. The first-order chi connectivity index (χ1) is 13.8. The molecule has 5 rings (SSSR count). The number of anilines is 1. The van der Waals surface area contributed by atoms with Crippen LogP contribution in [0.3, 0.4) is 0 Å². The molecule has 0 unspecified atom stereocenters. The lowest BCUT2D eigenvalue weighted by molar-refractivity contribution is -0.116. The number of amides is 3. The molecule has 29 heavy (non-hydrogen) atoms. The van der Waals surface area contributed by atoms with Gasteiger partial charge in [-0.25, -0.2) is 9.59 Å². The lowest BCUT2D eigenvalue weighted by Gasteiger charge is -2.56. The largest absolute Gasteiger partial charge is 0.478 e. The fourth-order valence-electron chi connectivity index (χ4n) is 5.94. The molecule has 156 valence electrons. The number of aromatic carboxylic acids is 1. The molecule has 4 N–H and O–H groups in total. The van der Waals surface area contributed by atoms with E-state index in [0.29, 0.717) is 5.69 Å². The van der Waals surface area contributed by atoms with Crippen LogP contribution >= 0.6 is 0 Å². The second-order valence-corrected chi connectivity index (χ2v) is 9.21. The summed E-state index contributed by atoms with van der Waals surface area (Å²) in [5, 5.41) is 17.9. The van der Waals surface area contributed by atoms with Crippen molar-refractivity contribution in [3.63, 3.8) is 0 Å². The number of rotatable bonds is 6. The molecule has 0 saturated heterocycles. The van der Waals surface area contributed by atoms with E-state index in [0.717, 1.165) is 42.6 Å². The normalized spacial score (nSPS) is 29.3. The van der Waals surface area contributed by atoms with Gasteiger partial charge in [0.15, 0.2) is 0 Å². The van der Waals surface area contributed by atoms with Gasteiger partial charge in [0.1, 0.15) is 0 Å². The third kappa shape index (κ3) is 4.38. The van der Waals surface area contributed by atoms with Crippen LogP contribution in [0.2, 0.25) is 0 Å². The third-order valence-corrected chi connectivity index (χ3v) is 6.81. The molecule has 0 aromatic heterocycles. The van der Waals surface area contributed by atoms with Crippen LogP contribution in [0.15, 0.2) is 18.2 Å². The van der Waals surface area contributed by atoms with Gasteiger partial charge in [0.25, 0.3) is 0 Å². The monoisotopic (exact) mass is 399 g/mol. The zero-order valence-electron chi connectivity index (χ0n) is 16.8. The molecule has 4 aliphatic rings. The summed E-state index contributed by atoms with van der Waals surface area (Å²) < 4.78 is 0. The molecule has 3 amide bonds. The van der Waals surface area contributed by atoms with Crippen molar-refractivity contribution in [1.82, 2.24) is 10.6 Å². The van der Waals surface area contributed by atoms with Gasteiger partial charge in [0, 0.05) is 24.2 Å². The minimum atomic E-state index is -1.04. The Bertz CT molecular complexity index is 800. The summed E-state index contributed by atoms with van der Waals surface area (Å²) in [7, 11) is 0. The van der Waals surface area contributed by atoms with E-state index in [1.807, 2.05) is 0 Å². The molecule has 4 aliphatic carbocycles. The Labute approximate surface area is 170 Å². The first kappa shape index (κ1) is 19.7. The summed E-state index contributed by atoms with van der Waals surface area (Å²) in [6, 6.07) is 4.42. The third-order valence-electron chi connectivity index (χ3n) is 6.81. The van der Waals surface area contributed by atoms with Crippen molar-refractivity contribution in [2.45, 2.75) is 57.4 Å². The number of hydrogen-bond acceptors (Lipinski definition) is 3. The standard InChI is InChI=1S/C22H29N3O4/c1-13-2-3-17(20(27)28)9-18(13)24-19(26)4-5-23-21(29)25-22-10-14-6-15(11-22)8-16(7-14)12-22/h2-3,9,14-16H,4-8,10-12H2,1H3,(H,24,26)(H,27,28)(H2,23,25,29). The Kier molecular flexibility index (Phi) is 5.23. The van der Waals surface area contributed by atoms with Crippen molar-refractivity contribution in [2.24, 2.45) is 17.8 Å². The Morgan fingerprint density at radius 2 is 1.69 bits per heavy atom. The molecule has 0 spiro atoms. The van der Waals surface area contributed by atoms with Crippen LogP contribution in [0.25, 0.3) is 0 Å². The van der Waals surface area contributed by atoms with E-state index in [1.54, 1.807) is 13.0 Å². The SMILES string of the molecule is Cc1ccc(C(=O)O)cc1NC(=O)CCNC(=O)NC12CC3CC(CC(C3)C1)C2. The van der Waals surface area contributed by atoms with Gasteiger partial charge in [0.05, 0.1) is 5.56 Å². The summed E-state index contributed by atoms with van der Waals surface area (Å²) in [5.41, 5.74) is 1.35. The molecule has 7 heteroatoms. The molecule has 4 bridgehead atoms. The van der Waals surface area contributed by atoms with E-state index in [4.69, 9.17) is 5.11 Å². The number of urea groups is 1. The van der Waals surface area contributed by atoms with Crippen molar-refractivity contribution in [1.29, 1.82) is 0 Å². The van der Waals surface area contributed by atoms with E-state index < -0.39 is 5.97 Å². The lowest BCUT2D eigenvalue weighted by Crippen LogP contribution is -2.61. The van der Waals surface area contributed by atoms with E-state index in [1.165, 1.54) is 31.4 Å². The van der Waals surface area contributed by atoms with Crippen molar-refractivity contribution < 1.29 is 19.5 Å². The maximum atomic E-state index is 12.4. The fraction of sp³-hybridized carbons (Fsp3) is 0.591. The van der Waals surface area contributed by atoms with Crippen LogP contribution in [0, 0.1) is 24.7 Å². The van der Waals surface area contributed by atoms with Gasteiger partial charge in [-0.05, 0) is 80.9 Å². The molecule has 0 heterocycles. The molecule has 0 aliphatic heterocycles. The van der Waals surface area contributed by atoms with Gasteiger partial charge < -0.3 is 21.1 Å². The average Bonchev–Trinajstić information content (AvgIpc) is 2.61. The summed E-state index contributed by atoms with van der Waals surface area (Å²) in [6.45, 7) is 2.04. The fourth-order valence-corrected chi connectivity index (χ4v) is 5.94. The molecular formula is C22H29N3O4. The Morgan fingerprint density at radius 3 is 2.28 bits per heavy atom. The van der Waals surface area contributed by atoms with E-state index in [-0.39, 0.29) is 36.0 Å². The summed E-state index contributed by atoms with van der Waals surface area (Å²) >= 11 is 0. The highest BCUT2D eigenvalue weighted by Gasteiger charge is 2.51. The van der Waals surface area contributed by atoms with Crippen molar-refractivity contribution in [3.05, 3.63) is 29.3 Å². The highest BCUT2D eigenvalue weighted by Crippen LogP contribution is 2.55. The predicted molar refractivity (Wildman–Crippen MR) is 109 cm³/mol. The van der Waals surface area contributed by atoms with Crippen molar-refractivity contribution >= 4 is 23.6 Å². The smallest absolute Gasteiger partial charge is 0.335 e. The van der Waals surface area contributed by atoms with Gasteiger partial charge in [-0.15, -0.1) is 0 Å². The second-order valence-electron chi connectivity index (χ2n) is 9.21. The number of carboxylic acids is 1. The van der Waals surface area contributed by atoms with Gasteiger partial charge in [-0.2, -0.15) is 0 Å². The number of aryl methyl sites for hydroxylation is 1. The summed E-state index contributed by atoms with van der Waals surface area (Å²) in [4.78, 5) is 35.7. The van der Waals surface area contributed by atoms with Crippen LogP contribution in [0.5, 0.6) is 0 Å². The van der Waals surface area contributed by atoms with Crippen LogP contribution in [0.1, 0.15) is 60.9 Å². The highest BCUT2D eigenvalue weighted by atomic mass is 16.4. The first-order valence-electron chi connectivity index (χ1n) is 10.5. The van der Waals surface area contributed by atoms with Gasteiger partial charge >= 0.3 is 12.0 Å². The Morgan fingerprint density at radius 1 is 1.07 bits per heavy atom. The molecule has 0 radical (unpaired) electrons. The summed E-state index contributed by atoms with van der Waals surface area (Å²) in [6.07, 6.45) is 7.37. The molecular weight excluding hydrogens is 370 g/mol. The molecule has 4 fully saturated rings. The van der Waals surface area contributed by atoms with Gasteiger partial charge in [0.2, 0.25) is 5.91 Å². The molecule has 4 saturated carbocycles. The van der Waals surface area contributed by atoms with E-state index in [9.17, 15) is 14.4 Å². The predicted octanol–water partition coefficient (Wildman–Crippen LogP) is 3.29. The van der Waals surface area contributed by atoms with Crippen LogP contribution in [-0.4, -0.2) is 35.1 Å². The maximum Gasteiger partial charge on any atom is 0.335 e. The molecule has 0 atom stereocenters. The first-order valence-corrected chi connectivity index (χ1v) is 10.5. The number of carboxylic acid groups (broad SMARTS) is 1. The zero-order chi connectivity index (χ0) is 20.6. The highest BCUT2D eigenvalue weighted by molar-refractivity contribution is 5.95. The van der Waals surface area contributed by atoms with Crippen molar-refractivity contribution in [2.75, 3.05) is 11.9 Å². The minimum Gasteiger partial charge on any atom is -0.478 e. The number of carbonyl (C=O) groups excluding carboxylic acids is 2. The molecule has 7 nitrogen and oxygen atoms in total. The zero-order valence-corrected chi connectivity index (χ0v) is 16.8. The lowest BCUT2D eigenvalue weighted by atomic mass is 9.53. The maximum absolute atomic E-state index is 12.4. The van der Waals surface area contributed by atoms with Gasteiger partial charge in [-0.1, -0.05) is 6.07 Å².